The van der Waals surface area contributed by atoms with Gasteiger partial charge in [-0.1, -0.05) is 36.4 Å². The van der Waals surface area contributed by atoms with Gasteiger partial charge >= 0.3 is 5.97 Å². The zero-order valence-corrected chi connectivity index (χ0v) is 15.8. The van der Waals surface area contributed by atoms with E-state index in [4.69, 9.17) is 19.2 Å². The molecule has 2 aliphatic rings. The monoisotopic (exact) mass is 379 g/mol. The fourth-order valence-electron chi connectivity index (χ4n) is 4.15. The Morgan fingerprint density at radius 2 is 1.71 bits per heavy atom. The van der Waals surface area contributed by atoms with Gasteiger partial charge in [0.2, 0.25) is 5.90 Å². The van der Waals surface area contributed by atoms with Crippen molar-refractivity contribution in [2.24, 2.45) is 4.99 Å². The second-order valence-electron chi connectivity index (χ2n) is 6.96. The predicted octanol–water partition coefficient (Wildman–Crippen LogP) is 2.90. The Hall–Kier alpha value is -2.99. The number of para-hydroxylation sites is 1. The van der Waals surface area contributed by atoms with Crippen molar-refractivity contribution in [1.29, 1.82) is 0 Å². The highest BCUT2D eigenvalue weighted by Gasteiger charge is 2.61. The van der Waals surface area contributed by atoms with Crippen molar-refractivity contribution in [3.05, 3.63) is 65.7 Å². The van der Waals surface area contributed by atoms with Crippen molar-refractivity contribution < 1.29 is 23.8 Å². The van der Waals surface area contributed by atoms with Crippen LogP contribution in [0.5, 0.6) is 5.75 Å². The normalized spacial score (nSPS) is 26.9. The maximum absolute atomic E-state index is 13.2. The third-order valence-corrected chi connectivity index (χ3v) is 5.49. The molecule has 3 atom stereocenters. The zero-order chi connectivity index (χ0) is 19.7. The first-order valence-corrected chi connectivity index (χ1v) is 9.15. The quantitative estimate of drug-likeness (QED) is 0.764. The smallest absolute Gasteiger partial charge is 0.344 e. The predicted molar refractivity (Wildman–Crippen MR) is 103 cm³/mol. The molecule has 2 aromatic carbocycles. The number of esters is 1. The van der Waals surface area contributed by atoms with Crippen molar-refractivity contribution in [3.63, 3.8) is 0 Å². The van der Waals surface area contributed by atoms with Gasteiger partial charge in [-0.05, 0) is 18.2 Å². The molecule has 1 aliphatic heterocycles. The van der Waals surface area contributed by atoms with Crippen LogP contribution in [0.15, 0.2) is 59.6 Å². The number of ether oxygens (including phenoxy) is 3. The molecule has 1 fully saturated rings. The highest BCUT2D eigenvalue weighted by Crippen LogP contribution is 2.49. The third kappa shape index (κ3) is 2.81. The summed E-state index contributed by atoms with van der Waals surface area (Å²) < 4.78 is 16.7. The summed E-state index contributed by atoms with van der Waals surface area (Å²) in [6, 6.07) is 16.6. The summed E-state index contributed by atoms with van der Waals surface area (Å²) in [7, 11) is 3.06. The van der Waals surface area contributed by atoms with Gasteiger partial charge in [-0.25, -0.2) is 9.79 Å². The first kappa shape index (κ1) is 18.4. The summed E-state index contributed by atoms with van der Waals surface area (Å²) in [5.41, 5.74) is 0.121. The van der Waals surface area contributed by atoms with Crippen LogP contribution in [-0.4, -0.2) is 43.5 Å². The first-order chi connectivity index (χ1) is 13.6. The minimum atomic E-state index is -1.33. The number of Topliss-reactive ketones (excluding diaryl/α,β-unsaturated/α-hetero) is 1. The van der Waals surface area contributed by atoms with Crippen LogP contribution in [0.25, 0.3) is 0 Å². The van der Waals surface area contributed by atoms with Crippen molar-refractivity contribution in [1.82, 2.24) is 0 Å². The summed E-state index contributed by atoms with van der Waals surface area (Å²) in [6.07, 6.45) is -0.429. The fourth-order valence-corrected chi connectivity index (χ4v) is 4.15. The van der Waals surface area contributed by atoms with Crippen LogP contribution in [0.4, 0.5) is 0 Å². The average molecular weight is 379 g/mol. The lowest BCUT2D eigenvalue weighted by atomic mass is 9.67. The Morgan fingerprint density at radius 1 is 1.00 bits per heavy atom. The van der Waals surface area contributed by atoms with Gasteiger partial charge < -0.3 is 14.2 Å². The van der Waals surface area contributed by atoms with E-state index >= 15 is 0 Å². The molecular formula is C22H21NO5. The van der Waals surface area contributed by atoms with Crippen molar-refractivity contribution in [2.75, 3.05) is 14.2 Å². The van der Waals surface area contributed by atoms with E-state index in [-0.39, 0.29) is 24.5 Å². The second-order valence-corrected chi connectivity index (χ2v) is 6.96. The molecular weight excluding hydrogens is 358 g/mol. The molecule has 28 heavy (non-hydrogen) atoms. The number of ketones is 1. The average Bonchev–Trinajstić information content (AvgIpc) is 3.08. The van der Waals surface area contributed by atoms with Crippen LogP contribution in [0.2, 0.25) is 0 Å². The van der Waals surface area contributed by atoms with Crippen molar-refractivity contribution in [2.45, 2.75) is 30.4 Å². The standard InChI is InChI=1S/C22H21NO5/c1-26-18-11-7-6-10-16(18)17-12-15(24)13-19(27-2)22(17)21(25)28-20(23-22)14-8-4-3-5-9-14/h3-11,17,19H,12-13H2,1-2H3/t17-,19?,22-/m1/s1. The number of hydrogen-bond donors (Lipinski definition) is 0. The third-order valence-electron chi connectivity index (χ3n) is 5.49. The number of aliphatic imine (C=N–C) groups is 1. The summed E-state index contributed by atoms with van der Waals surface area (Å²) in [5.74, 6) is -0.163. The molecule has 1 aliphatic carbocycles. The molecule has 6 heteroatoms. The molecule has 0 aromatic heterocycles. The first-order valence-electron chi connectivity index (χ1n) is 9.15. The topological polar surface area (TPSA) is 74.2 Å². The molecule has 0 N–H and O–H groups in total. The Bertz CT molecular complexity index is 939. The maximum Gasteiger partial charge on any atom is 0.344 e. The lowest BCUT2D eigenvalue weighted by Crippen LogP contribution is -2.56. The molecule has 144 valence electrons. The number of cyclic esters (lactones) is 1. The summed E-state index contributed by atoms with van der Waals surface area (Å²) in [4.78, 5) is 30.5. The van der Waals surface area contributed by atoms with E-state index in [0.29, 0.717) is 11.3 Å². The maximum atomic E-state index is 13.2. The Labute approximate surface area is 163 Å². The van der Waals surface area contributed by atoms with Crippen molar-refractivity contribution >= 4 is 17.7 Å². The van der Waals surface area contributed by atoms with Crippen LogP contribution >= 0.6 is 0 Å². The summed E-state index contributed by atoms with van der Waals surface area (Å²) >= 11 is 0. The van der Waals surface area contributed by atoms with Gasteiger partial charge in [0.15, 0.2) is 5.54 Å². The SMILES string of the molecule is COc1ccccc1[C@H]1CC(=O)CC(OC)[C@]12N=C(c1ccccc1)OC2=O. The summed E-state index contributed by atoms with van der Waals surface area (Å²) in [5, 5.41) is 0. The zero-order valence-electron chi connectivity index (χ0n) is 15.8. The Morgan fingerprint density at radius 3 is 2.43 bits per heavy atom. The van der Waals surface area contributed by atoms with Gasteiger partial charge in [0.1, 0.15) is 17.6 Å². The van der Waals surface area contributed by atoms with Gasteiger partial charge in [-0.3, -0.25) is 4.79 Å². The van der Waals surface area contributed by atoms with E-state index in [9.17, 15) is 9.59 Å². The molecule has 4 rings (SSSR count). The van der Waals surface area contributed by atoms with E-state index in [1.54, 1.807) is 7.11 Å². The lowest BCUT2D eigenvalue weighted by molar-refractivity contribution is -0.149. The molecule has 1 unspecified atom stereocenters. The number of methoxy groups -OCH3 is 2. The van der Waals surface area contributed by atoms with Crippen LogP contribution in [0.1, 0.15) is 29.9 Å². The number of carbonyl (C=O) groups excluding carboxylic acids is 2. The Kier molecular flexibility index (Phi) is 4.73. The highest BCUT2D eigenvalue weighted by molar-refractivity contribution is 6.09. The number of carbonyl (C=O) groups is 2. The molecule has 0 bridgehead atoms. The van der Waals surface area contributed by atoms with Gasteiger partial charge in [0, 0.05) is 37.0 Å². The van der Waals surface area contributed by atoms with E-state index in [1.807, 2.05) is 54.6 Å². The Balaban J connectivity index is 1.90. The molecule has 0 radical (unpaired) electrons. The molecule has 0 saturated heterocycles. The van der Waals surface area contributed by atoms with E-state index in [2.05, 4.69) is 0 Å². The van der Waals surface area contributed by atoms with E-state index < -0.39 is 23.5 Å². The highest BCUT2D eigenvalue weighted by atomic mass is 16.6. The summed E-state index contributed by atoms with van der Waals surface area (Å²) in [6.45, 7) is 0. The second kappa shape index (κ2) is 7.20. The van der Waals surface area contributed by atoms with Gasteiger partial charge in [-0.15, -0.1) is 0 Å². The largest absolute Gasteiger partial charge is 0.496 e. The van der Waals surface area contributed by atoms with Gasteiger partial charge in [0.25, 0.3) is 0 Å². The number of benzene rings is 2. The molecule has 0 amide bonds. The minimum absolute atomic E-state index is 0.0181. The molecule has 1 spiro atoms. The van der Waals surface area contributed by atoms with Crippen LogP contribution in [-0.2, 0) is 19.1 Å². The van der Waals surface area contributed by atoms with E-state index in [0.717, 1.165) is 5.56 Å². The fraction of sp³-hybridized carbons (Fsp3) is 0.318. The molecule has 2 aromatic rings. The molecule has 6 nitrogen and oxygen atoms in total. The van der Waals surface area contributed by atoms with Gasteiger partial charge in [0.05, 0.1) is 7.11 Å². The van der Waals surface area contributed by atoms with E-state index in [1.165, 1.54) is 7.11 Å². The van der Waals surface area contributed by atoms with Crippen LogP contribution in [0, 0.1) is 0 Å². The molecule has 1 saturated carbocycles. The lowest BCUT2D eigenvalue weighted by Gasteiger charge is -2.41. The molecule has 1 heterocycles. The minimum Gasteiger partial charge on any atom is -0.496 e. The van der Waals surface area contributed by atoms with Crippen LogP contribution < -0.4 is 4.74 Å². The van der Waals surface area contributed by atoms with Crippen LogP contribution in [0.3, 0.4) is 0 Å². The van der Waals surface area contributed by atoms with Crippen molar-refractivity contribution in [3.8, 4) is 5.75 Å². The van der Waals surface area contributed by atoms with Gasteiger partial charge in [-0.2, -0.15) is 0 Å². The number of rotatable bonds is 4. The number of hydrogen-bond acceptors (Lipinski definition) is 6. The number of nitrogens with zero attached hydrogens (tertiary/aromatic N) is 1.